The van der Waals surface area contributed by atoms with Gasteiger partial charge >= 0.3 is 17.9 Å². The number of nitrogens with zero attached hydrogens (tertiary/aromatic N) is 3. The normalized spacial score (nSPS) is 18.4. The molecule has 1 aromatic heterocycles. The summed E-state index contributed by atoms with van der Waals surface area (Å²) in [6.07, 6.45) is -1.04. The van der Waals surface area contributed by atoms with E-state index in [9.17, 15) is 19.6 Å². The van der Waals surface area contributed by atoms with Gasteiger partial charge < -0.3 is 18.9 Å². The van der Waals surface area contributed by atoms with Crippen LogP contribution in [0.3, 0.4) is 0 Å². The predicted octanol–water partition coefficient (Wildman–Crippen LogP) is 3.72. The van der Waals surface area contributed by atoms with Crippen LogP contribution in [0.2, 0.25) is 0 Å². The van der Waals surface area contributed by atoms with Crippen LogP contribution in [-0.2, 0) is 25.4 Å². The summed E-state index contributed by atoms with van der Waals surface area (Å²) in [4.78, 5) is 37.7. The fourth-order valence-corrected chi connectivity index (χ4v) is 4.12. The molecular formula is C28H27N3O7. The zero-order valence-corrected chi connectivity index (χ0v) is 21.2. The van der Waals surface area contributed by atoms with Crippen molar-refractivity contribution in [1.29, 1.82) is 5.26 Å². The maximum atomic E-state index is 12.9. The Hall–Kier alpha value is -4.49. The van der Waals surface area contributed by atoms with Crippen molar-refractivity contribution >= 4 is 17.9 Å². The van der Waals surface area contributed by atoms with Crippen molar-refractivity contribution in [2.45, 2.75) is 45.1 Å². The van der Waals surface area contributed by atoms with E-state index in [0.29, 0.717) is 16.8 Å². The van der Waals surface area contributed by atoms with Gasteiger partial charge in [-0.1, -0.05) is 35.4 Å². The second kappa shape index (κ2) is 11.7. The number of aryl methyl sites for hydroxylation is 2. The Morgan fingerprint density at radius 2 is 1.61 bits per heavy atom. The number of methoxy groups -OCH3 is 1. The number of carbonyl (C=O) groups is 3. The van der Waals surface area contributed by atoms with Gasteiger partial charge in [0.05, 0.1) is 42.6 Å². The van der Waals surface area contributed by atoms with Gasteiger partial charge in [-0.3, -0.25) is 0 Å². The summed E-state index contributed by atoms with van der Waals surface area (Å²) in [6, 6.07) is 15.9. The second-order valence-electron chi connectivity index (χ2n) is 8.92. The Balaban J connectivity index is 1.56. The third-order valence-corrected chi connectivity index (χ3v) is 6.22. The monoisotopic (exact) mass is 517 g/mol. The number of benzene rings is 2. The van der Waals surface area contributed by atoms with E-state index in [2.05, 4.69) is 5.10 Å². The van der Waals surface area contributed by atoms with Crippen molar-refractivity contribution in [3.63, 3.8) is 0 Å². The van der Waals surface area contributed by atoms with Gasteiger partial charge in [0, 0.05) is 6.42 Å². The molecule has 3 aromatic rings. The van der Waals surface area contributed by atoms with E-state index in [1.165, 1.54) is 18.0 Å². The van der Waals surface area contributed by atoms with E-state index in [0.717, 1.165) is 11.1 Å². The summed E-state index contributed by atoms with van der Waals surface area (Å²) in [5, 5.41) is 13.6. The lowest BCUT2D eigenvalue weighted by Crippen LogP contribution is -2.32. The molecule has 0 saturated carbocycles. The number of hydrogen-bond donors (Lipinski definition) is 0. The molecule has 3 atom stereocenters. The lowest BCUT2D eigenvalue weighted by atomic mass is 10.1. The summed E-state index contributed by atoms with van der Waals surface area (Å²) in [5.74, 6) is -1.73. The van der Waals surface area contributed by atoms with Gasteiger partial charge in [0.25, 0.3) is 0 Å². The maximum absolute atomic E-state index is 12.9. The third-order valence-electron chi connectivity index (χ3n) is 6.22. The third kappa shape index (κ3) is 5.90. The molecule has 38 heavy (non-hydrogen) atoms. The van der Waals surface area contributed by atoms with Crippen LogP contribution in [-0.4, -0.2) is 53.6 Å². The molecule has 196 valence electrons. The van der Waals surface area contributed by atoms with Crippen LogP contribution >= 0.6 is 0 Å². The molecule has 4 rings (SSSR count). The summed E-state index contributed by atoms with van der Waals surface area (Å²) >= 11 is 0. The SMILES string of the molecule is COC(=O)c1cnn([C@H]2C[C@H](OC(=O)c3ccc(C)cc3)[C@@H](COC(=O)c3ccc(C)cc3)O2)c1CC#N. The first kappa shape index (κ1) is 26.6. The Bertz CT molecular complexity index is 1360. The number of rotatable bonds is 8. The highest BCUT2D eigenvalue weighted by atomic mass is 16.6. The largest absolute Gasteiger partial charge is 0.465 e. The maximum Gasteiger partial charge on any atom is 0.341 e. The van der Waals surface area contributed by atoms with E-state index in [4.69, 9.17) is 18.9 Å². The molecule has 1 fully saturated rings. The van der Waals surface area contributed by atoms with Gasteiger partial charge in [0.1, 0.15) is 24.4 Å². The first-order valence-corrected chi connectivity index (χ1v) is 12.0. The molecule has 10 nitrogen and oxygen atoms in total. The van der Waals surface area contributed by atoms with Crippen LogP contribution in [0.15, 0.2) is 54.7 Å². The molecule has 0 bridgehead atoms. The summed E-state index contributed by atoms with van der Waals surface area (Å²) in [6.45, 7) is 3.64. The average molecular weight is 518 g/mol. The molecule has 2 aromatic carbocycles. The Labute approximate surface area is 219 Å². The molecule has 2 heterocycles. The van der Waals surface area contributed by atoms with Crippen LogP contribution in [0.5, 0.6) is 0 Å². The van der Waals surface area contributed by atoms with Gasteiger partial charge in [-0.15, -0.1) is 0 Å². The summed E-state index contributed by atoms with van der Waals surface area (Å²) < 4.78 is 23.6. The van der Waals surface area contributed by atoms with Gasteiger partial charge in [-0.2, -0.15) is 10.4 Å². The summed E-state index contributed by atoms with van der Waals surface area (Å²) in [7, 11) is 1.24. The highest BCUT2D eigenvalue weighted by Crippen LogP contribution is 2.33. The molecule has 1 aliphatic rings. The zero-order valence-electron chi connectivity index (χ0n) is 21.2. The van der Waals surface area contributed by atoms with Crippen molar-refractivity contribution in [1.82, 2.24) is 9.78 Å². The van der Waals surface area contributed by atoms with Crippen LogP contribution in [0.4, 0.5) is 0 Å². The Morgan fingerprint density at radius 3 is 2.18 bits per heavy atom. The van der Waals surface area contributed by atoms with Crippen molar-refractivity contribution < 1.29 is 33.3 Å². The van der Waals surface area contributed by atoms with Crippen molar-refractivity contribution in [2.75, 3.05) is 13.7 Å². The van der Waals surface area contributed by atoms with Crippen LogP contribution in [0.25, 0.3) is 0 Å². The number of carbonyl (C=O) groups excluding carboxylic acids is 3. The number of esters is 3. The molecule has 0 N–H and O–H groups in total. The topological polar surface area (TPSA) is 130 Å². The number of hydrogen-bond acceptors (Lipinski definition) is 9. The molecule has 1 aliphatic heterocycles. The number of ether oxygens (including phenoxy) is 4. The van der Waals surface area contributed by atoms with E-state index in [1.54, 1.807) is 48.5 Å². The molecule has 0 aliphatic carbocycles. The van der Waals surface area contributed by atoms with Crippen molar-refractivity contribution in [2.24, 2.45) is 0 Å². The highest BCUT2D eigenvalue weighted by Gasteiger charge is 2.41. The smallest absolute Gasteiger partial charge is 0.341 e. The zero-order chi connectivity index (χ0) is 27.2. The fraction of sp³-hybridized carbons (Fsp3) is 0.321. The molecule has 0 spiro atoms. The fourth-order valence-electron chi connectivity index (χ4n) is 4.12. The van der Waals surface area contributed by atoms with Crippen LogP contribution < -0.4 is 0 Å². The molecule has 10 heteroatoms. The predicted molar refractivity (Wildman–Crippen MR) is 133 cm³/mol. The van der Waals surface area contributed by atoms with Gasteiger partial charge in [0.15, 0.2) is 6.23 Å². The second-order valence-corrected chi connectivity index (χ2v) is 8.92. The van der Waals surface area contributed by atoms with Crippen molar-refractivity contribution in [3.8, 4) is 6.07 Å². The van der Waals surface area contributed by atoms with Crippen LogP contribution in [0.1, 0.15) is 60.5 Å². The first-order chi connectivity index (χ1) is 18.3. The molecule has 0 radical (unpaired) electrons. The van der Waals surface area contributed by atoms with E-state index < -0.39 is 36.3 Å². The standard InChI is InChI=1S/C28H27N3O7/c1-17-4-8-19(9-5-17)26(32)36-16-24-23(38-27(33)20-10-6-18(2)7-11-20)14-25(37-24)31-22(12-13-29)21(15-30-31)28(34)35-3/h4-11,15,23-25H,12,14,16H2,1-3H3/t23-,24+,25+/m0/s1. The van der Waals surface area contributed by atoms with Gasteiger partial charge in [-0.05, 0) is 38.1 Å². The van der Waals surface area contributed by atoms with Crippen molar-refractivity contribution in [3.05, 3.63) is 88.2 Å². The average Bonchev–Trinajstić information content (AvgIpc) is 3.51. The summed E-state index contributed by atoms with van der Waals surface area (Å²) in [5.41, 5.74) is 3.20. The van der Waals surface area contributed by atoms with Gasteiger partial charge in [-0.25, -0.2) is 19.1 Å². The first-order valence-electron chi connectivity index (χ1n) is 12.0. The van der Waals surface area contributed by atoms with E-state index in [-0.39, 0.29) is 25.0 Å². The molecule has 1 saturated heterocycles. The van der Waals surface area contributed by atoms with E-state index in [1.807, 2.05) is 19.9 Å². The Morgan fingerprint density at radius 1 is 1.00 bits per heavy atom. The molecular weight excluding hydrogens is 490 g/mol. The van der Waals surface area contributed by atoms with Crippen LogP contribution in [0, 0.1) is 25.2 Å². The Kier molecular flexibility index (Phi) is 8.19. The minimum atomic E-state index is -0.815. The lowest BCUT2D eigenvalue weighted by Gasteiger charge is -2.19. The quantitative estimate of drug-likeness (QED) is 0.324. The van der Waals surface area contributed by atoms with Gasteiger partial charge in [0.2, 0.25) is 0 Å². The minimum absolute atomic E-state index is 0.120. The lowest BCUT2D eigenvalue weighted by molar-refractivity contribution is -0.0606. The number of aromatic nitrogens is 2. The van der Waals surface area contributed by atoms with E-state index >= 15 is 0 Å². The highest BCUT2D eigenvalue weighted by molar-refractivity contribution is 5.91. The molecule has 0 amide bonds. The molecule has 0 unspecified atom stereocenters. The number of nitriles is 1. The minimum Gasteiger partial charge on any atom is -0.465 e.